The predicted octanol–water partition coefficient (Wildman–Crippen LogP) is 3.50. The van der Waals surface area contributed by atoms with Gasteiger partial charge in [0.15, 0.2) is 11.5 Å². The average Bonchev–Trinajstić information content (AvgIpc) is 3.14. The molecule has 0 aromatic heterocycles. The van der Waals surface area contributed by atoms with Gasteiger partial charge in [0.1, 0.15) is 5.75 Å². The van der Waals surface area contributed by atoms with E-state index in [0.29, 0.717) is 22.6 Å². The number of phenols is 1. The number of aryl methyl sites for hydroxylation is 1. The van der Waals surface area contributed by atoms with E-state index in [2.05, 4.69) is 4.72 Å². The molecule has 0 spiro atoms. The first-order valence-electron chi connectivity index (χ1n) is 8.70. The lowest BCUT2D eigenvalue weighted by Gasteiger charge is -2.21. The molecule has 0 aliphatic carbocycles. The second kappa shape index (κ2) is 7.18. The van der Waals surface area contributed by atoms with Crippen LogP contribution in [0.5, 0.6) is 17.2 Å². The quantitative estimate of drug-likeness (QED) is 0.688. The molecule has 0 bridgehead atoms. The van der Waals surface area contributed by atoms with Gasteiger partial charge in [-0.05, 0) is 30.7 Å². The zero-order chi connectivity index (χ0) is 19.7. The van der Waals surface area contributed by atoms with Crippen molar-refractivity contribution in [1.29, 1.82) is 0 Å². The number of benzene rings is 3. The third-order valence-electron chi connectivity index (χ3n) is 4.57. The molecule has 1 aliphatic rings. The largest absolute Gasteiger partial charge is 0.507 e. The van der Waals surface area contributed by atoms with E-state index in [4.69, 9.17) is 9.47 Å². The van der Waals surface area contributed by atoms with Gasteiger partial charge in [-0.15, -0.1) is 0 Å². The Morgan fingerprint density at radius 3 is 2.29 bits per heavy atom. The van der Waals surface area contributed by atoms with Crippen LogP contribution in [0.3, 0.4) is 0 Å². The van der Waals surface area contributed by atoms with Crippen molar-refractivity contribution >= 4 is 10.0 Å². The maximum Gasteiger partial charge on any atom is 0.241 e. The Kier molecular flexibility index (Phi) is 4.70. The minimum absolute atomic E-state index is 0.0587. The summed E-state index contributed by atoms with van der Waals surface area (Å²) in [4.78, 5) is 0.146. The molecule has 0 saturated carbocycles. The van der Waals surface area contributed by atoms with E-state index >= 15 is 0 Å². The molecule has 0 amide bonds. The summed E-state index contributed by atoms with van der Waals surface area (Å²) in [6, 6.07) is 17.8. The lowest BCUT2D eigenvalue weighted by Crippen LogP contribution is -2.29. The average molecular weight is 397 g/mol. The molecule has 1 atom stereocenters. The molecule has 144 valence electrons. The Morgan fingerprint density at radius 1 is 0.964 bits per heavy atom. The molecule has 3 aromatic rings. The second-order valence-electron chi connectivity index (χ2n) is 6.54. The summed E-state index contributed by atoms with van der Waals surface area (Å²) in [6.07, 6.45) is 0. The van der Waals surface area contributed by atoms with Gasteiger partial charge in [0.25, 0.3) is 0 Å². The summed E-state index contributed by atoms with van der Waals surface area (Å²) in [5.41, 5.74) is 2.12. The van der Waals surface area contributed by atoms with Crippen LogP contribution in [0.1, 0.15) is 22.7 Å². The molecule has 1 heterocycles. The Morgan fingerprint density at radius 2 is 1.61 bits per heavy atom. The molecule has 6 nitrogen and oxygen atoms in total. The van der Waals surface area contributed by atoms with Crippen molar-refractivity contribution in [3.63, 3.8) is 0 Å². The highest BCUT2D eigenvalue weighted by Crippen LogP contribution is 2.41. The van der Waals surface area contributed by atoms with Crippen molar-refractivity contribution in [1.82, 2.24) is 4.72 Å². The third-order valence-corrected chi connectivity index (χ3v) is 6.01. The zero-order valence-corrected chi connectivity index (χ0v) is 15.9. The highest BCUT2D eigenvalue weighted by molar-refractivity contribution is 7.89. The molecular formula is C21H19NO5S. The van der Waals surface area contributed by atoms with Crippen LogP contribution in [0.2, 0.25) is 0 Å². The molecule has 0 radical (unpaired) electrons. The SMILES string of the molecule is Cc1ccc(C(NS(=O)(=O)c2ccccc2)c2cc3c(cc2O)OCO3)cc1. The first kappa shape index (κ1) is 18.3. The lowest BCUT2D eigenvalue weighted by molar-refractivity contribution is 0.174. The molecule has 2 N–H and O–H groups in total. The fraction of sp³-hybridized carbons (Fsp3) is 0.143. The van der Waals surface area contributed by atoms with E-state index in [1.807, 2.05) is 31.2 Å². The van der Waals surface area contributed by atoms with E-state index in [-0.39, 0.29) is 17.4 Å². The fourth-order valence-corrected chi connectivity index (χ4v) is 4.30. The van der Waals surface area contributed by atoms with Crippen LogP contribution in [0.4, 0.5) is 0 Å². The van der Waals surface area contributed by atoms with Crippen molar-refractivity contribution in [2.24, 2.45) is 0 Å². The minimum atomic E-state index is -3.83. The zero-order valence-electron chi connectivity index (χ0n) is 15.1. The van der Waals surface area contributed by atoms with Crippen LogP contribution < -0.4 is 14.2 Å². The van der Waals surface area contributed by atoms with Gasteiger partial charge in [-0.3, -0.25) is 0 Å². The topological polar surface area (TPSA) is 84.9 Å². The maximum absolute atomic E-state index is 13.0. The standard InChI is InChI=1S/C21H19NO5S/c1-14-7-9-15(10-8-14)21(22-28(24,25)16-5-3-2-4-6-16)17-11-19-20(12-18(17)23)27-13-26-19/h2-12,21-23H,13H2,1H3. The van der Waals surface area contributed by atoms with Crippen molar-refractivity contribution in [2.45, 2.75) is 17.9 Å². The molecule has 0 fully saturated rings. The second-order valence-corrected chi connectivity index (χ2v) is 8.26. The fourth-order valence-electron chi connectivity index (χ4n) is 3.07. The van der Waals surface area contributed by atoms with Gasteiger partial charge in [0.05, 0.1) is 10.9 Å². The number of hydrogen-bond donors (Lipinski definition) is 2. The van der Waals surface area contributed by atoms with Crippen LogP contribution in [0.15, 0.2) is 71.6 Å². The number of phenolic OH excluding ortho intramolecular Hbond substituents is 1. The van der Waals surface area contributed by atoms with Gasteiger partial charge >= 0.3 is 0 Å². The van der Waals surface area contributed by atoms with Gasteiger partial charge < -0.3 is 14.6 Å². The van der Waals surface area contributed by atoms with Crippen molar-refractivity contribution in [3.8, 4) is 17.2 Å². The first-order chi connectivity index (χ1) is 13.4. The smallest absolute Gasteiger partial charge is 0.241 e. The summed E-state index contributed by atoms with van der Waals surface area (Å²) >= 11 is 0. The van der Waals surface area contributed by atoms with E-state index in [0.717, 1.165) is 5.56 Å². The van der Waals surface area contributed by atoms with Crippen molar-refractivity contribution in [3.05, 3.63) is 83.4 Å². The van der Waals surface area contributed by atoms with Gasteiger partial charge in [-0.2, -0.15) is 4.72 Å². The lowest BCUT2D eigenvalue weighted by atomic mass is 9.97. The number of sulfonamides is 1. The van der Waals surface area contributed by atoms with Gasteiger partial charge in [0.2, 0.25) is 16.8 Å². The summed E-state index contributed by atoms with van der Waals surface area (Å²) in [5, 5.41) is 10.6. The van der Waals surface area contributed by atoms with Gasteiger partial charge in [0, 0.05) is 11.6 Å². The minimum Gasteiger partial charge on any atom is -0.507 e. The summed E-state index contributed by atoms with van der Waals surface area (Å²) in [7, 11) is -3.83. The Bertz CT molecular complexity index is 1100. The molecule has 4 rings (SSSR count). The van der Waals surface area contributed by atoms with Crippen LogP contribution in [-0.4, -0.2) is 20.3 Å². The molecule has 7 heteroatoms. The number of nitrogens with one attached hydrogen (secondary N) is 1. The van der Waals surface area contributed by atoms with Crippen LogP contribution in [-0.2, 0) is 10.0 Å². The van der Waals surface area contributed by atoms with Crippen LogP contribution in [0, 0.1) is 6.92 Å². The summed E-state index contributed by atoms with van der Waals surface area (Å²) in [6.45, 7) is 2.01. The van der Waals surface area contributed by atoms with E-state index in [9.17, 15) is 13.5 Å². The van der Waals surface area contributed by atoms with E-state index < -0.39 is 16.1 Å². The number of ether oxygens (including phenoxy) is 2. The van der Waals surface area contributed by atoms with Crippen molar-refractivity contribution < 1.29 is 23.0 Å². The number of aromatic hydroxyl groups is 1. The maximum atomic E-state index is 13.0. The normalized spacial score (nSPS) is 14.0. The first-order valence-corrected chi connectivity index (χ1v) is 10.2. The summed E-state index contributed by atoms with van der Waals surface area (Å²) < 4.78 is 39.3. The Labute approximate surface area is 163 Å². The van der Waals surface area contributed by atoms with Crippen LogP contribution in [0.25, 0.3) is 0 Å². The molecule has 1 aliphatic heterocycles. The summed E-state index contributed by atoms with van der Waals surface area (Å²) in [5.74, 6) is 0.809. The molecule has 0 saturated heterocycles. The monoisotopic (exact) mass is 397 g/mol. The highest BCUT2D eigenvalue weighted by Gasteiger charge is 2.27. The predicted molar refractivity (Wildman–Crippen MR) is 104 cm³/mol. The van der Waals surface area contributed by atoms with Gasteiger partial charge in [-0.1, -0.05) is 48.0 Å². The highest BCUT2D eigenvalue weighted by atomic mass is 32.2. The molecule has 28 heavy (non-hydrogen) atoms. The van der Waals surface area contributed by atoms with Crippen molar-refractivity contribution in [2.75, 3.05) is 6.79 Å². The molecule has 1 unspecified atom stereocenters. The Hall–Kier alpha value is -3.03. The number of rotatable bonds is 5. The molecular weight excluding hydrogens is 378 g/mol. The van der Waals surface area contributed by atoms with Crippen LogP contribution >= 0.6 is 0 Å². The third kappa shape index (κ3) is 3.54. The van der Waals surface area contributed by atoms with E-state index in [1.165, 1.54) is 18.2 Å². The number of hydrogen-bond acceptors (Lipinski definition) is 5. The number of fused-ring (bicyclic) bond motifs is 1. The van der Waals surface area contributed by atoms with E-state index in [1.54, 1.807) is 24.3 Å². The Balaban J connectivity index is 1.80. The molecule has 3 aromatic carbocycles. The van der Waals surface area contributed by atoms with Gasteiger partial charge in [-0.25, -0.2) is 8.42 Å².